The van der Waals surface area contributed by atoms with E-state index >= 15 is 0 Å². The zero-order chi connectivity index (χ0) is 20.4. The molecule has 3 heterocycles. The third-order valence-electron chi connectivity index (χ3n) is 5.47. The monoisotopic (exact) mass is 435 g/mol. The quantitative estimate of drug-likeness (QED) is 0.754. The van der Waals surface area contributed by atoms with Crippen LogP contribution in [0.3, 0.4) is 0 Å². The number of thioether (sulfide) groups is 2. The average molecular weight is 436 g/mol. The highest BCUT2D eigenvalue weighted by Crippen LogP contribution is 2.33. The maximum atomic E-state index is 12.6. The Bertz CT molecular complexity index is 794. The molecule has 3 fully saturated rings. The Kier molecular flexibility index (Phi) is 6.24. The van der Waals surface area contributed by atoms with Gasteiger partial charge in [-0.05, 0) is 36.1 Å². The van der Waals surface area contributed by atoms with Crippen molar-refractivity contribution < 1.29 is 19.1 Å². The van der Waals surface area contributed by atoms with Crippen molar-refractivity contribution in [1.82, 2.24) is 15.1 Å². The Labute approximate surface area is 178 Å². The molecule has 9 heteroatoms. The number of methoxy groups -OCH3 is 1. The lowest BCUT2D eigenvalue weighted by molar-refractivity contribution is -0.142. The molecular formula is C20H25N3O4S2. The van der Waals surface area contributed by atoms with E-state index in [1.165, 1.54) is 0 Å². The lowest BCUT2D eigenvalue weighted by Gasteiger charge is -2.45. The fourth-order valence-electron chi connectivity index (χ4n) is 3.83. The number of carbonyl (C=O) groups excluding carboxylic acids is 3. The van der Waals surface area contributed by atoms with Crippen LogP contribution in [0.1, 0.15) is 23.2 Å². The summed E-state index contributed by atoms with van der Waals surface area (Å²) in [6, 6.07) is 6.80. The zero-order valence-electron chi connectivity index (χ0n) is 16.3. The molecule has 0 spiro atoms. The van der Waals surface area contributed by atoms with Crippen molar-refractivity contribution in [1.29, 1.82) is 0 Å². The normalized spacial score (nSPS) is 23.1. The van der Waals surface area contributed by atoms with E-state index in [9.17, 15) is 14.4 Å². The summed E-state index contributed by atoms with van der Waals surface area (Å²) in [6.45, 7) is 1.69. The van der Waals surface area contributed by atoms with Gasteiger partial charge in [0, 0.05) is 31.6 Å². The van der Waals surface area contributed by atoms with Gasteiger partial charge in [0.25, 0.3) is 5.91 Å². The van der Waals surface area contributed by atoms with Crippen LogP contribution in [-0.2, 0) is 9.59 Å². The van der Waals surface area contributed by atoms with Gasteiger partial charge in [-0.3, -0.25) is 14.4 Å². The Morgan fingerprint density at radius 1 is 1.17 bits per heavy atom. The number of nitrogens with one attached hydrogen (secondary N) is 1. The summed E-state index contributed by atoms with van der Waals surface area (Å²) in [4.78, 5) is 41.2. The van der Waals surface area contributed by atoms with Gasteiger partial charge in [0.2, 0.25) is 11.8 Å². The summed E-state index contributed by atoms with van der Waals surface area (Å²) in [5.41, 5.74) is 0.512. The first-order valence-corrected chi connectivity index (χ1v) is 11.9. The molecule has 3 aliphatic rings. The summed E-state index contributed by atoms with van der Waals surface area (Å²) in [5.74, 6) is 2.72. The van der Waals surface area contributed by atoms with Crippen molar-refractivity contribution in [2.24, 2.45) is 0 Å². The summed E-state index contributed by atoms with van der Waals surface area (Å²) >= 11 is 3.45. The van der Waals surface area contributed by atoms with Crippen molar-refractivity contribution in [3.05, 3.63) is 29.8 Å². The molecule has 1 aromatic rings. The van der Waals surface area contributed by atoms with Crippen molar-refractivity contribution in [3.8, 4) is 5.75 Å². The molecule has 3 aliphatic heterocycles. The lowest BCUT2D eigenvalue weighted by atomic mass is 10.1. The Hall–Kier alpha value is -1.87. The molecule has 1 aromatic carbocycles. The van der Waals surface area contributed by atoms with Gasteiger partial charge < -0.3 is 19.9 Å². The molecule has 0 aliphatic carbocycles. The Morgan fingerprint density at radius 2 is 1.93 bits per heavy atom. The van der Waals surface area contributed by atoms with Crippen LogP contribution in [0.25, 0.3) is 0 Å². The second-order valence-corrected chi connectivity index (χ2v) is 10.2. The van der Waals surface area contributed by atoms with Gasteiger partial charge in [0.15, 0.2) is 0 Å². The molecule has 1 N–H and O–H groups in total. The highest BCUT2D eigenvalue weighted by Gasteiger charge is 2.43. The largest absolute Gasteiger partial charge is 0.497 e. The highest BCUT2D eigenvalue weighted by molar-refractivity contribution is 8.18. The zero-order valence-corrected chi connectivity index (χ0v) is 18.0. The maximum Gasteiger partial charge on any atom is 0.251 e. The van der Waals surface area contributed by atoms with E-state index in [4.69, 9.17) is 4.74 Å². The molecule has 156 valence electrons. The number of ether oxygens (including phenoxy) is 1. The number of hydrogen-bond acceptors (Lipinski definition) is 6. The van der Waals surface area contributed by atoms with Crippen LogP contribution < -0.4 is 10.1 Å². The van der Waals surface area contributed by atoms with Gasteiger partial charge in [0.05, 0.1) is 19.2 Å². The number of carbonyl (C=O) groups is 3. The SMILES string of the molecule is COc1cccc(C(=O)NC2CC(=O)N(C3CN(C(=O)C4SCCCS4)C3)C2)c1. The maximum absolute atomic E-state index is 12.6. The van der Waals surface area contributed by atoms with E-state index in [0.717, 1.165) is 17.9 Å². The van der Waals surface area contributed by atoms with Gasteiger partial charge in [-0.1, -0.05) is 6.07 Å². The van der Waals surface area contributed by atoms with Crippen molar-refractivity contribution in [3.63, 3.8) is 0 Å². The molecule has 0 bridgehead atoms. The molecule has 29 heavy (non-hydrogen) atoms. The van der Waals surface area contributed by atoms with Crippen LogP contribution in [0.15, 0.2) is 24.3 Å². The summed E-state index contributed by atoms with van der Waals surface area (Å²) in [5, 5.41) is 2.95. The molecule has 1 atom stereocenters. The van der Waals surface area contributed by atoms with E-state index in [1.54, 1.807) is 54.9 Å². The van der Waals surface area contributed by atoms with Crippen LogP contribution in [-0.4, -0.2) is 82.4 Å². The number of hydrogen-bond donors (Lipinski definition) is 1. The topological polar surface area (TPSA) is 79.0 Å². The first kappa shape index (κ1) is 20.4. The summed E-state index contributed by atoms with van der Waals surface area (Å²) < 4.78 is 5.17. The first-order chi connectivity index (χ1) is 14.0. The van der Waals surface area contributed by atoms with E-state index in [-0.39, 0.29) is 34.4 Å². The van der Waals surface area contributed by atoms with Crippen molar-refractivity contribution in [2.45, 2.75) is 29.5 Å². The minimum absolute atomic E-state index is 0.00822. The third-order valence-corrected chi connectivity index (χ3v) is 8.34. The Morgan fingerprint density at radius 3 is 2.66 bits per heavy atom. The number of likely N-dealkylation sites (tertiary alicyclic amines) is 2. The molecule has 7 nitrogen and oxygen atoms in total. The predicted molar refractivity (Wildman–Crippen MR) is 114 cm³/mol. The first-order valence-electron chi connectivity index (χ1n) is 9.81. The molecule has 4 rings (SSSR count). The minimum atomic E-state index is -0.213. The van der Waals surface area contributed by atoms with Gasteiger partial charge in [0.1, 0.15) is 10.3 Å². The number of rotatable bonds is 5. The number of amides is 3. The molecule has 3 amide bonds. The average Bonchev–Trinajstić information content (AvgIpc) is 3.07. The lowest BCUT2D eigenvalue weighted by Crippen LogP contribution is -2.62. The third kappa shape index (κ3) is 4.50. The second-order valence-electron chi connectivity index (χ2n) is 7.48. The molecule has 1 unspecified atom stereocenters. The van der Waals surface area contributed by atoms with Crippen molar-refractivity contribution >= 4 is 41.2 Å². The highest BCUT2D eigenvalue weighted by atomic mass is 32.2. The second kappa shape index (κ2) is 8.87. The molecule has 0 radical (unpaired) electrons. The fourth-order valence-corrected chi connectivity index (χ4v) is 6.60. The van der Waals surface area contributed by atoms with Crippen LogP contribution in [0, 0.1) is 0 Å². The molecular weight excluding hydrogens is 410 g/mol. The van der Waals surface area contributed by atoms with E-state index in [2.05, 4.69) is 5.32 Å². The van der Waals surface area contributed by atoms with Crippen LogP contribution in [0.2, 0.25) is 0 Å². The molecule has 0 aromatic heterocycles. The minimum Gasteiger partial charge on any atom is -0.497 e. The van der Waals surface area contributed by atoms with Gasteiger partial charge >= 0.3 is 0 Å². The standard InChI is InChI=1S/C20H25N3O4S2/c1-27-16-5-2-4-13(8-16)18(25)21-14-9-17(24)23(10-14)15-11-22(12-15)19(26)20-28-6-3-7-29-20/h2,4-5,8,14-15,20H,3,6-7,9-12H2,1H3,(H,21,25). The van der Waals surface area contributed by atoms with Gasteiger partial charge in [-0.2, -0.15) is 0 Å². The molecule has 0 saturated carbocycles. The van der Waals surface area contributed by atoms with E-state index < -0.39 is 0 Å². The van der Waals surface area contributed by atoms with Crippen molar-refractivity contribution in [2.75, 3.05) is 38.2 Å². The summed E-state index contributed by atoms with van der Waals surface area (Å²) in [7, 11) is 1.56. The van der Waals surface area contributed by atoms with Crippen LogP contribution in [0.4, 0.5) is 0 Å². The van der Waals surface area contributed by atoms with Gasteiger partial charge in [-0.15, -0.1) is 23.5 Å². The fraction of sp³-hybridized carbons (Fsp3) is 0.550. The molecule has 3 saturated heterocycles. The number of benzene rings is 1. The summed E-state index contributed by atoms with van der Waals surface area (Å²) in [6.07, 6.45) is 1.46. The predicted octanol–water partition coefficient (Wildman–Crippen LogP) is 1.43. The Balaban J connectivity index is 1.27. The van der Waals surface area contributed by atoms with Crippen LogP contribution >= 0.6 is 23.5 Å². The number of nitrogens with zero attached hydrogens (tertiary/aromatic N) is 2. The smallest absolute Gasteiger partial charge is 0.251 e. The van der Waals surface area contributed by atoms with Gasteiger partial charge in [-0.25, -0.2) is 0 Å². The van der Waals surface area contributed by atoms with E-state index in [1.807, 2.05) is 9.80 Å². The van der Waals surface area contributed by atoms with E-state index in [0.29, 0.717) is 37.4 Å². The van der Waals surface area contributed by atoms with Crippen LogP contribution in [0.5, 0.6) is 5.75 Å².